The van der Waals surface area contributed by atoms with Gasteiger partial charge in [0, 0.05) is 25.1 Å². The number of amides is 1. The second kappa shape index (κ2) is 10.7. The maximum Gasteiger partial charge on any atom is 0.251 e. The summed E-state index contributed by atoms with van der Waals surface area (Å²) in [6.45, 7) is 1.52. The zero-order chi connectivity index (χ0) is 22.2. The molecule has 0 bridgehead atoms. The quantitative estimate of drug-likeness (QED) is 0.336. The summed E-state index contributed by atoms with van der Waals surface area (Å²) in [6, 6.07) is 24.5. The molecule has 0 spiro atoms. The number of halogens is 1. The van der Waals surface area contributed by atoms with Crippen LogP contribution >= 0.6 is 0 Å². The Morgan fingerprint density at radius 1 is 0.844 bits per heavy atom. The van der Waals surface area contributed by atoms with Gasteiger partial charge in [-0.25, -0.2) is 9.37 Å². The largest absolute Gasteiger partial charge is 0.352 e. The van der Waals surface area contributed by atoms with Crippen LogP contribution in [0.25, 0.3) is 11.0 Å². The van der Waals surface area contributed by atoms with Crippen molar-refractivity contribution in [2.75, 3.05) is 6.54 Å². The lowest BCUT2D eigenvalue weighted by Crippen LogP contribution is -2.24. The first-order chi connectivity index (χ1) is 15.7. The van der Waals surface area contributed by atoms with E-state index in [2.05, 4.69) is 52.3 Å². The molecular weight excluding hydrogens is 401 g/mol. The van der Waals surface area contributed by atoms with Crippen LogP contribution in [0.4, 0.5) is 4.39 Å². The standard InChI is InChI=1S/C27H28FN3O/c28-23-16-14-22(15-17-23)27(32)29-19-8-2-5-13-26-30-24-11-6-7-12-25(24)31(26)20-18-21-9-3-1-4-10-21/h1,3-4,6-7,9-12,14-17H,2,5,8,13,18-20H2,(H,29,32). The van der Waals surface area contributed by atoms with Crippen LogP contribution in [0.15, 0.2) is 78.9 Å². The van der Waals surface area contributed by atoms with Crippen molar-refractivity contribution in [3.63, 3.8) is 0 Å². The third kappa shape index (κ3) is 5.61. The van der Waals surface area contributed by atoms with Gasteiger partial charge in [0.15, 0.2) is 0 Å². The van der Waals surface area contributed by atoms with E-state index < -0.39 is 0 Å². The molecule has 0 aliphatic rings. The van der Waals surface area contributed by atoms with Crippen molar-refractivity contribution in [3.05, 3.63) is 102 Å². The molecule has 1 N–H and O–H groups in total. The summed E-state index contributed by atoms with van der Waals surface area (Å²) in [6.07, 6.45) is 4.81. The number of imidazole rings is 1. The van der Waals surface area contributed by atoms with Crippen LogP contribution in [0.2, 0.25) is 0 Å². The average molecular weight is 430 g/mol. The van der Waals surface area contributed by atoms with Crippen LogP contribution in [-0.4, -0.2) is 22.0 Å². The van der Waals surface area contributed by atoms with E-state index in [1.54, 1.807) is 0 Å². The Hall–Kier alpha value is -3.47. The highest BCUT2D eigenvalue weighted by Crippen LogP contribution is 2.19. The summed E-state index contributed by atoms with van der Waals surface area (Å²) in [7, 11) is 0. The highest BCUT2D eigenvalue weighted by molar-refractivity contribution is 5.94. The minimum absolute atomic E-state index is 0.160. The Morgan fingerprint density at radius 2 is 1.59 bits per heavy atom. The number of nitrogens with one attached hydrogen (secondary N) is 1. The highest BCUT2D eigenvalue weighted by atomic mass is 19.1. The van der Waals surface area contributed by atoms with Gasteiger partial charge >= 0.3 is 0 Å². The molecule has 4 aromatic rings. The Kier molecular flexibility index (Phi) is 7.28. The number of hydrogen-bond donors (Lipinski definition) is 1. The Labute approximate surface area is 188 Å². The van der Waals surface area contributed by atoms with E-state index >= 15 is 0 Å². The van der Waals surface area contributed by atoms with Crippen molar-refractivity contribution in [2.45, 2.75) is 38.6 Å². The molecule has 4 nitrogen and oxygen atoms in total. The molecule has 0 radical (unpaired) electrons. The summed E-state index contributed by atoms with van der Waals surface area (Å²) >= 11 is 0. The van der Waals surface area contributed by atoms with Crippen molar-refractivity contribution in [2.24, 2.45) is 0 Å². The van der Waals surface area contributed by atoms with Gasteiger partial charge in [-0.2, -0.15) is 0 Å². The summed E-state index contributed by atoms with van der Waals surface area (Å²) in [4.78, 5) is 17.0. The number of aryl methyl sites for hydroxylation is 3. The predicted octanol–water partition coefficient (Wildman–Crippen LogP) is 5.56. The molecule has 5 heteroatoms. The van der Waals surface area contributed by atoms with Crippen LogP contribution in [0.1, 0.15) is 41.0 Å². The predicted molar refractivity (Wildman–Crippen MR) is 126 cm³/mol. The second-order valence-electron chi connectivity index (χ2n) is 7.98. The second-order valence-corrected chi connectivity index (χ2v) is 7.98. The summed E-state index contributed by atoms with van der Waals surface area (Å²) in [5.74, 6) is 0.626. The van der Waals surface area contributed by atoms with Gasteiger partial charge in [0.1, 0.15) is 11.6 Å². The number of hydrogen-bond acceptors (Lipinski definition) is 2. The first-order valence-electron chi connectivity index (χ1n) is 11.2. The molecule has 32 heavy (non-hydrogen) atoms. The molecule has 1 amide bonds. The minimum Gasteiger partial charge on any atom is -0.352 e. The highest BCUT2D eigenvalue weighted by Gasteiger charge is 2.10. The van der Waals surface area contributed by atoms with Gasteiger partial charge in [0.25, 0.3) is 5.91 Å². The number of benzene rings is 3. The zero-order valence-electron chi connectivity index (χ0n) is 18.1. The molecule has 0 fully saturated rings. The van der Waals surface area contributed by atoms with E-state index in [1.165, 1.54) is 35.3 Å². The topological polar surface area (TPSA) is 46.9 Å². The first kappa shape index (κ1) is 21.8. The molecular formula is C27H28FN3O. The lowest BCUT2D eigenvalue weighted by atomic mass is 10.1. The van der Waals surface area contributed by atoms with E-state index in [4.69, 9.17) is 4.98 Å². The van der Waals surface area contributed by atoms with Gasteiger partial charge in [-0.05, 0) is 61.2 Å². The third-order valence-corrected chi connectivity index (χ3v) is 5.67. The molecule has 0 aliphatic heterocycles. The zero-order valence-corrected chi connectivity index (χ0v) is 18.1. The number of aromatic nitrogens is 2. The van der Waals surface area contributed by atoms with Gasteiger partial charge in [0.05, 0.1) is 11.0 Å². The average Bonchev–Trinajstić information content (AvgIpc) is 3.18. The van der Waals surface area contributed by atoms with Gasteiger partial charge in [0.2, 0.25) is 0 Å². The van der Waals surface area contributed by atoms with E-state index in [0.717, 1.165) is 50.0 Å². The van der Waals surface area contributed by atoms with Gasteiger partial charge in [-0.3, -0.25) is 4.79 Å². The first-order valence-corrected chi connectivity index (χ1v) is 11.2. The van der Waals surface area contributed by atoms with Crippen molar-refractivity contribution in [1.82, 2.24) is 14.9 Å². The molecule has 164 valence electrons. The molecule has 3 aromatic carbocycles. The van der Waals surface area contributed by atoms with Gasteiger partial charge in [-0.15, -0.1) is 0 Å². The fourth-order valence-corrected chi connectivity index (χ4v) is 3.94. The minimum atomic E-state index is -0.337. The number of fused-ring (bicyclic) bond motifs is 1. The van der Waals surface area contributed by atoms with E-state index in [1.807, 2.05) is 12.1 Å². The maximum absolute atomic E-state index is 13.0. The van der Waals surface area contributed by atoms with Crippen molar-refractivity contribution in [3.8, 4) is 0 Å². The Balaban J connectivity index is 1.28. The number of carbonyl (C=O) groups excluding carboxylic acids is 1. The normalized spacial score (nSPS) is 11.0. The maximum atomic E-state index is 13.0. The molecule has 0 unspecified atom stereocenters. The molecule has 0 aliphatic carbocycles. The summed E-state index contributed by atoms with van der Waals surface area (Å²) < 4.78 is 15.3. The Bertz CT molecular complexity index is 1150. The number of carbonyl (C=O) groups is 1. The number of rotatable bonds is 10. The van der Waals surface area contributed by atoms with E-state index in [-0.39, 0.29) is 11.7 Å². The SMILES string of the molecule is O=C(NCCCCCc1nc2ccccc2n1CCc1ccccc1)c1ccc(F)cc1. The van der Waals surface area contributed by atoms with Crippen LogP contribution in [0.3, 0.4) is 0 Å². The Morgan fingerprint density at radius 3 is 2.41 bits per heavy atom. The fraction of sp³-hybridized carbons (Fsp3) is 0.259. The van der Waals surface area contributed by atoms with Crippen molar-refractivity contribution in [1.29, 1.82) is 0 Å². The molecule has 0 saturated carbocycles. The van der Waals surface area contributed by atoms with E-state index in [9.17, 15) is 9.18 Å². The smallest absolute Gasteiger partial charge is 0.251 e. The van der Waals surface area contributed by atoms with Crippen molar-refractivity contribution < 1.29 is 9.18 Å². The summed E-state index contributed by atoms with van der Waals surface area (Å²) in [5, 5.41) is 2.91. The van der Waals surface area contributed by atoms with Crippen LogP contribution in [0, 0.1) is 5.82 Å². The monoisotopic (exact) mass is 429 g/mol. The van der Waals surface area contributed by atoms with Crippen molar-refractivity contribution >= 4 is 16.9 Å². The third-order valence-electron chi connectivity index (χ3n) is 5.67. The van der Waals surface area contributed by atoms with Crippen LogP contribution in [-0.2, 0) is 19.4 Å². The van der Waals surface area contributed by atoms with Crippen LogP contribution in [0.5, 0.6) is 0 Å². The number of unbranched alkanes of at least 4 members (excludes halogenated alkanes) is 2. The van der Waals surface area contributed by atoms with Gasteiger partial charge in [-0.1, -0.05) is 48.9 Å². The van der Waals surface area contributed by atoms with Crippen LogP contribution < -0.4 is 5.32 Å². The number of para-hydroxylation sites is 2. The molecule has 4 rings (SSSR count). The fourth-order valence-electron chi connectivity index (χ4n) is 3.94. The molecule has 1 heterocycles. The lowest BCUT2D eigenvalue weighted by Gasteiger charge is -2.10. The molecule has 1 aromatic heterocycles. The molecule has 0 saturated heterocycles. The lowest BCUT2D eigenvalue weighted by molar-refractivity contribution is 0.0953. The number of nitrogens with zero attached hydrogens (tertiary/aromatic N) is 2. The van der Waals surface area contributed by atoms with Gasteiger partial charge < -0.3 is 9.88 Å². The van der Waals surface area contributed by atoms with E-state index in [0.29, 0.717) is 12.1 Å². The summed E-state index contributed by atoms with van der Waals surface area (Å²) in [5.41, 5.74) is 4.04. The molecule has 0 atom stereocenters.